The predicted molar refractivity (Wildman–Crippen MR) is 95.4 cm³/mol. The summed E-state index contributed by atoms with van der Waals surface area (Å²) in [5.41, 5.74) is 0.800. The molecule has 0 N–H and O–H groups in total. The molecule has 0 spiro atoms. The van der Waals surface area contributed by atoms with Crippen molar-refractivity contribution in [2.45, 2.75) is 52.4 Å². The van der Waals surface area contributed by atoms with Gasteiger partial charge in [0.05, 0.1) is 6.61 Å². The van der Waals surface area contributed by atoms with Crippen molar-refractivity contribution in [2.75, 3.05) is 6.61 Å². The minimum Gasteiger partial charge on any atom is -0.490 e. The van der Waals surface area contributed by atoms with E-state index in [-0.39, 0.29) is 11.3 Å². The van der Waals surface area contributed by atoms with Gasteiger partial charge in [0.2, 0.25) is 5.82 Å². The van der Waals surface area contributed by atoms with E-state index in [0.717, 1.165) is 19.3 Å². The van der Waals surface area contributed by atoms with Crippen molar-refractivity contribution in [3.63, 3.8) is 0 Å². The number of benzene rings is 2. The van der Waals surface area contributed by atoms with Gasteiger partial charge >= 0.3 is 0 Å². The lowest BCUT2D eigenvalue weighted by atomic mass is 10.0. The van der Waals surface area contributed by atoms with Crippen molar-refractivity contribution < 1.29 is 17.9 Å². The van der Waals surface area contributed by atoms with Gasteiger partial charge in [-0.25, -0.2) is 8.78 Å². The lowest BCUT2D eigenvalue weighted by molar-refractivity contribution is 0.285. The second-order valence-electron chi connectivity index (χ2n) is 6.32. The zero-order chi connectivity index (χ0) is 18.2. The molecule has 0 saturated carbocycles. The molecular formula is C21H25F3O. The first-order valence-corrected chi connectivity index (χ1v) is 8.92. The van der Waals surface area contributed by atoms with Crippen LogP contribution in [0.1, 0.15) is 51.0 Å². The summed E-state index contributed by atoms with van der Waals surface area (Å²) >= 11 is 0. The third kappa shape index (κ3) is 5.25. The first kappa shape index (κ1) is 19.4. The van der Waals surface area contributed by atoms with E-state index in [1.54, 1.807) is 19.1 Å². The lowest BCUT2D eigenvalue weighted by Gasteiger charge is -2.11. The molecule has 0 saturated heterocycles. The SMILES string of the molecule is CCCCCCCCOc1ccc(-c2ccc(C)c(F)c2)c(F)c1F. The summed E-state index contributed by atoms with van der Waals surface area (Å²) in [5.74, 6) is -2.57. The summed E-state index contributed by atoms with van der Waals surface area (Å²) in [6, 6.07) is 7.17. The first-order chi connectivity index (χ1) is 12.0. The van der Waals surface area contributed by atoms with Crippen LogP contribution in [0.25, 0.3) is 11.1 Å². The largest absolute Gasteiger partial charge is 0.490 e. The zero-order valence-corrected chi connectivity index (χ0v) is 14.9. The Balaban J connectivity index is 1.98. The molecule has 0 radical (unpaired) electrons. The number of rotatable bonds is 9. The fourth-order valence-electron chi connectivity index (χ4n) is 2.69. The highest BCUT2D eigenvalue weighted by Crippen LogP contribution is 2.30. The second-order valence-corrected chi connectivity index (χ2v) is 6.32. The van der Waals surface area contributed by atoms with Crippen LogP contribution in [0.2, 0.25) is 0 Å². The Morgan fingerprint density at radius 1 is 0.840 bits per heavy atom. The average molecular weight is 350 g/mol. The Morgan fingerprint density at radius 3 is 2.28 bits per heavy atom. The van der Waals surface area contributed by atoms with Gasteiger partial charge in [-0.3, -0.25) is 0 Å². The van der Waals surface area contributed by atoms with E-state index in [1.807, 2.05) is 0 Å². The molecule has 0 fully saturated rings. The van der Waals surface area contributed by atoms with E-state index < -0.39 is 17.5 Å². The minimum absolute atomic E-state index is 0.0308. The highest BCUT2D eigenvalue weighted by atomic mass is 19.2. The van der Waals surface area contributed by atoms with Gasteiger partial charge in [-0.1, -0.05) is 51.2 Å². The fourth-order valence-corrected chi connectivity index (χ4v) is 2.69. The van der Waals surface area contributed by atoms with E-state index >= 15 is 0 Å². The molecule has 0 atom stereocenters. The summed E-state index contributed by atoms with van der Waals surface area (Å²) in [4.78, 5) is 0. The standard InChI is InChI=1S/C21H25F3O/c1-3-4-5-6-7-8-13-25-19-12-11-17(20(23)21(19)24)16-10-9-15(2)18(22)14-16/h9-12,14H,3-8,13H2,1-2H3. The van der Waals surface area contributed by atoms with Gasteiger partial charge in [-0.2, -0.15) is 4.39 Å². The van der Waals surface area contributed by atoms with Crippen LogP contribution in [-0.2, 0) is 0 Å². The molecule has 0 heterocycles. The maximum absolute atomic E-state index is 14.3. The second kappa shape index (κ2) is 9.50. The Morgan fingerprint density at radius 2 is 1.56 bits per heavy atom. The molecule has 136 valence electrons. The Hall–Kier alpha value is -1.97. The molecule has 2 aromatic rings. The minimum atomic E-state index is -1.02. The van der Waals surface area contributed by atoms with Gasteiger partial charge in [0.15, 0.2) is 11.6 Å². The van der Waals surface area contributed by atoms with Crippen molar-refractivity contribution in [3.8, 4) is 16.9 Å². The lowest BCUT2D eigenvalue weighted by Crippen LogP contribution is -2.02. The van der Waals surface area contributed by atoms with E-state index in [1.165, 1.54) is 37.5 Å². The molecule has 0 aromatic heterocycles. The molecule has 25 heavy (non-hydrogen) atoms. The van der Waals surface area contributed by atoms with Crippen LogP contribution in [0.3, 0.4) is 0 Å². The molecule has 2 aromatic carbocycles. The summed E-state index contributed by atoms with van der Waals surface area (Å²) in [6.45, 7) is 4.14. The van der Waals surface area contributed by atoms with E-state index in [9.17, 15) is 13.2 Å². The third-order valence-electron chi connectivity index (χ3n) is 4.29. The molecule has 0 bridgehead atoms. The van der Waals surface area contributed by atoms with Crippen molar-refractivity contribution in [2.24, 2.45) is 0 Å². The molecular weight excluding hydrogens is 325 g/mol. The van der Waals surface area contributed by atoms with Crippen molar-refractivity contribution >= 4 is 0 Å². The van der Waals surface area contributed by atoms with Crippen LogP contribution in [-0.4, -0.2) is 6.61 Å². The van der Waals surface area contributed by atoms with Gasteiger partial charge in [-0.15, -0.1) is 0 Å². The van der Waals surface area contributed by atoms with Crippen LogP contribution in [0.5, 0.6) is 5.75 Å². The van der Waals surface area contributed by atoms with Crippen LogP contribution < -0.4 is 4.74 Å². The number of unbranched alkanes of at least 4 members (excludes halogenated alkanes) is 5. The summed E-state index contributed by atoms with van der Waals surface area (Å²) in [5, 5.41) is 0. The van der Waals surface area contributed by atoms with E-state index in [4.69, 9.17) is 4.74 Å². The highest BCUT2D eigenvalue weighted by molar-refractivity contribution is 5.65. The number of hydrogen-bond donors (Lipinski definition) is 0. The van der Waals surface area contributed by atoms with Crippen molar-refractivity contribution in [1.82, 2.24) is 0 Å². The van der Waals surface area contributed by atoms with Gasteiger partial charge in [0.1, 0.15) is 5.82 Å². The topological polar surface area (TPSA) is 9.23 Å². The Labute approximate surface area is 147 Å². The maximum atomic E-state index is 14.3. The summed E-state index contributed by atoms with van der Waals surface area (Å²) in [6.07, 6.45) is 6.58. The van der Waals surface area contributed by atoms with E-state index in [2.05, 4.69) is 6.92 Å². The molecule has 0 aliphatic rings. The first-order valence-electron chi connectivity index (χ1n) is 8.92. The smallest absolute Gasteiger partial charge is 0.201 e. The molecule has 4 heteroatoms. The molecule has 0 amide bonds. The fraction of sp³-hybridized carbons (Fsp3) is 0.429. The summed E-state index contributed by atoms with van der Waals surface area (Å²) in [7, 11) is 0. The van der Waals surface area contributed by atoms with Crippen LogP contribution in [0.4, 0.5) is 13.2 Å². The number of hydrogen-bond acceptors (Lipinski definition) is 1. The normalized spacial score (nSPS) is 10.9. The number of aryl methyl sites for hydroxylation is 1. The monoisotopic (exact) mass is 350 g/mol. The molecule has 0 aliphatic carbocycles. The predicted octanol–water partition coefficient (Wildman–Crippen LogP) is 6.82. The van der Waals surface area contributed by atoms with Crippen LogP contribution in [0, 0.1) is 24.4 Å². The van der Waals surface area contributed by atoms with Crippen molar-refractivity contribution in [3.05, 3.63) is 53.3 Å². The summed E-state index contributed by atoms with van der Waals surface area (Å²) < 4.78 is 47.5. The Kier molecular flexibility index (Phi) is 7.35. The quantitative estimate of drug-likeness (QED) is 0.451. The molecule has 1 nitrogen and oxygen atoms in total. The molecule has 2 rings (SSSR count). The van der Waals surface area contributed by atoms with Gasteiger partial charge in [-0.05, 0) is 42.7 Å². The van der Waals surface area contributed by atoms with Gasteiger partial charge < -0.3 is 4.74 Å². The highest BCUT2D eigenvalue weighted by Gasteiger charge is 2.16. The van der Waals surface area contributed by atoms with Gasteiger partial charge in [0.25, 0.3) is 0 Å². The zero-order valence-electron chi connectivity index (χ0n) is 14.9. The van der Waals surface area contributed by atoms with Crippen LogP contribution >= 0.6 is 0 Å². The average Bonchev–Trinajstić information content (AvgIpc) is 2.60. The molecule has 0 aliphatic heterocycles. The maximum Gasteiger partial charge on any atom is 0.201 e. The number of ether oxygens (including phenoxy) is 1. The van der Waals surface area contributed by atoms with Crippen LogP contribution in [0.15, 0.2) is 30.3 Å². The van der Waals surface area contributed by atoms with Gasteiger partial charge in [0, 0.05) is 5.56 Å². The van der Waals surface area contributed by atoms with Crippen molar-refractivity contribution in [1.29, 1.82) is 0 Å². The molecule has 0 unspecified atom stereocenters. The third-order valence-corrected chi connectivity index (χ3v) is 4.29. The van der Waals surface area contributed by atoms with E-state index in [0.29, 0.717) is 17.7 Å². The number of halogens is 3. The Bertz CT molecular complexity index is 698.